The van der Waals surface area contributed by atoms with E-state index in [0.29, 0.717) is 6.42 Å². The van der Waals surface area contributed by atoms with Gasteiger partial charge in [-0.1, -0.05) is 19.3 Å². The Hall–Kier alpha value is -1.59. The summed E-state index contributed by atoms with van der Waals surface area (Å²) in [5.74, 6) is -1.05. The largest absolute Gasteiger partial charge is 0.469 e. The van der Waals surface area contributed by atoms with Crippen molar-refractivity contribution in [3.05, 3.63) is 0 Å². The van der Waals surface area contributed by atoms with Crippen molar-refractivity contribution in [1.82, 2.24) is 0 Å². The third kappa shape index (κ3) is 6.45. The van der Waals surface area contributed by atoms with E-state index in [1.165, 1.54) is 27.4 Å². The quantitative estimate of drug-likeness (QED) is 0.530. The molecule has 0 spiro atoms. The molecule has 0 saturated heterocycles. The third-order valence-corrected chi connectivity index (χ3v) is 3.96. The maximum Gasteiger partial charge on any atom is 0.305 e. The van der Waals surface area contributed by atoms with E-state index in [9.17, 15) is 14.4 Å². The predicted molar refractivity (Wildman–Crippen MR) is 78.9 cm³/mol. The number of esters is 3. The zero-order valence-electron chi connectivity index (χ0n) is 13.6. The number of hydrogen-bond donors (Lipinski definition) is 0. The van der Waals surface area contributed by atoms with Crippen LogP contribution in [0.1, 0.15) is 58.8 Å². The summed E-state index contributed by atoms with van der Waals surface area (Å²) >= 11 is 0. The van der Waals surface area contributed by atoms with E-state index in [2.05, 4.69) is 4.74 Å². The van der Waals surface area contributed by atoms with Gasteiger partial charge in [-0.2, -0.15) is 0 Å². The van der Waals surface area contributed by atoms with E-state index in [1.807, 2.05) is 0 Å². The fourth-order valence-electron chi connectivity index (χ4n) is 3.00. The summed E-state index contributed by atoms with van der Waals surface area (Å²) in [7, 11) is 1.31. The van der Waals surface area contributed by atoms with Crippen molar-refractivity contribution in [3.63, 3.8) is 0 Å². The number of methoxy groups -OCH3 is 1. The highest BCUT2D eigenvalue weighted by atomic mass is 16.6. The minimum Gasteiger partial charge on any atom is -0.469 e. The van der Waals surface area contributed by atoms with Crippen LogP contribution in [-0.2, 0) is 28.6 Å². The Labute approximate surface area is 131 Å². The molecule has 1 rings (SSSR count). The van der Waals surface area contributed by atoms with Crippen molar-refractivity contribution < 1.29 is 28.6 Å². The van der Waals surface area contributed by atoms with Crippen LogP contribution in [0.4, 0.5) is 0 Å². The van der Waals surface area contributed by atoms with E-state index < -0.39 is 24.1 Å². The summed E-state index contributed by atoms with van der Waals surface area (Å²) in [5, 5.41) is 0. The molecule has 0 heterocycles. The molecule has 0 aromatic rings. The van der Waals surface area contributed by atoms with Crippen molar-refractivity contribution in [1.29, 1.82) is 0 Å². The van der Waals surface area contributed by atoms with Gasteiger partial charge in [0, 0.05) is 20.3 Å². The first-order valence-electron chi connectivity index (χ1n) is 7.85. The van der Waals surface area contributed by atoms with Crippen molar-refractivity contribution in [3.8, 4) is 0 Å². The number of hydrogen-bond acceptors (Lipinski definition) is 6. The van der Waals surface area contributed by atoms with E-state index in [-0.39, 0.29) is 18.3 Å². The molecule has 1 aliphatic carbocycles. The van der Waals surface area contributed by atoms with E-state index >= 15 is 0 Å². The maximum atomic E-state index is 11.4. The lowest BCUT2D eigenvalue weighted by atomic mass is 9.82. The Morgan fingerprint density at radius 2 is 1.59 bits per heavy atom. The van der Waals surface area contributed by atoms with Gasteiger partial charge in [-0.05, 0) is 25.2 Å². The van der Waals surface area contributed by atoms with Crippen molar-refractivity contribution >= 4 is 17.9 Å². The zero-order chi connectivity index (χ0) is 16.5. The average molecular weight is 314 g/mol. The average Bonchev–Trinajstić information content (AvgIpc) is 2.49. The molecule has 0 aliphatic heterocycles. The van der Waals surface area contributed by atoms with Gasteiger partial charge in [-0.3, -0.25) is 14.4 Å². The van der Waals surface area contributed by atoms with Gasteiger partial charge in [0.05, 0.1) is 7.11 Å². The second-order valence-corrected chi connectivity index (χ2v) is 5.73. The molecule has 0 unspecified atom stereocenters. The molecule has 6 nitrogen and oxygen atoms in total. The molecule has 1 saturated carbocycles. The Balaban J connectivity index is 2.81. The van der Waals surface area contributed by atoms with Gasteiger partial charge in [0.15, 0.2) is 0 Å². The number of ether oxygens (including phenoxy) is 3. The monoisotopic (exact) mass is 314 g/mol. The van der Waals surface area contributed by atoms with Crippen LogP contribution in [0.5, 0.6) is 0 Å². The molecule has 0 radical (unpaired) electrons. The molecule has 2 atom stereocenters. The topological polar surface area (TPSA) is 78.9 Å². The van der Waals surface area contributed by atoms with Crippen molar-refractivity contribution in [2.45, 2.75) is 71.0 Å². The molecule has 0 bridgehead atoms. The summed E-state index contributed by atoms with van der Waals surface area (Å²) in [6.45, 7) is 2.66. The molecule has 1 aliphatic rings. The minimum absolute atomic E-state index is 0.124. The van der Waals surface area contributed by atoms with Crippen LogP contribution in [0.2, 0.25) is 0 Å². The SMILES string of the molecule is COC(=O)CC[C@H](OC(C)=O)[C@@H](OC(C)=O)C1CCCCC1. The summed E-state index contributed by atoms with van der Waals surface area (Å²) in [6.07, 6.45) is 4.51. The Morgan fingerprint density at radius 3 is 2.09 bits per heavy atom. The smallest absolute Gasteiger partial charge is 0.305 e. The van der Waals surface area contributed by atoms with Crippen LogP contribution in [0.15, 0.2) is 0 Å². The molecule has 0 amide bonds. The molecule has 1 fully saturated rings. The summed E-state index contributed by atoms with van der Waals surface area (Å²) in [5.41, 5.74) is 0. The van der Waals surface area contributed by atoms with Crippen molar-refractivity contribution in [2.24, 2.45) is 5.92 Å². The van der Waals surface area contributed by atoms with Crippen LogP contribution in [0, 0.1) is 5.92 Å². The van der Waals surface area contributed by atoms with Gasteiger partial charge < -0.3 is 14.2 Å². The van der Waals surface area contributed by atoms with Crippen LogP contribution in [0.25, 0.3) is 0 Å². The van der Waals surface area contributed by atoms with Gasteiger partial charge in [0.1, 0.15) is 12.2 Å². The molecule has 0 aromatic carbocycles. The Bertz CT molecular complexity index is 386. The van der Waals surface area contributed by atoms with Crippen LogP contribution in [-0.4, -0.2) is 37.2 Å². The first-order valence-corrected chi connectivity index (χ1v) is 7.85. The molecule has 0 aromatic heterocycles. The van der Waals surface area contributed by atoms with Gasteiger partial charge >= 0.3 is 17.9 Å². The highest BCUT2D eigenvalue weighted by molar-refractivity contribution is 5.69. The fraction of sp³-hybridized carbons (Fsp3) is 0.812. The maximum absolute atomic E-state index is 11.4. The van der Waals surface area contributed by atoms with Crippen LogP contribution >= 0.6 is 0 Å². The third-order valence-electron chi connectivity index (χ3n) is 3.96. The minimum atomic E-state index is -0.608. The molecular weight excluding hydrogens is 288 g/mol. The standard InChI is InChI=1S/C16H26O6/c1-11(17)21-14(9-10-15(19)20-3)16(22-12(2)18)13-7-5-4-6-8-13/h13-14,16H,4-10H2,1-3H3/t14-,16-/m0/s1. The second kappa shape index (κ2) is 9.43. The van der Waals surface area contributed by atoms with E-state index in [0.717, 1.165) is 25.7 Å². The second-order valence-electron chi connectivity index (χ2n) is 5.73. The first-order chi connectivity index (χ1) is 10.4. The molecule has 6 heteroatoms. The van der Waals surface area contributed by atoms with Gasteiger partial charge in [-0.15, -0.1) is 0 Å². The lowest BCUT2D eigenvalue weighted by molar-refractivity contribution is -0.172. The molecular formula is C16H26O6. The summed E-state index contributed by atoms with van der Waals surface area (Å²) in [6, 6.07) is 0. The fourth-order valence-corrected chi connectivity index (χ4v) is 3.00. The van der Waals surface area contributed by atoms with E-state index in [1.54, 1.807) is 0 Å². The van der Waals surface area contributed by atoms with Gasteiger partial charge in [-0.25, -0.2) is 0 Å². The number of carbonyl (C=O) groups is 3. The highest BCUT2D eigenvalue weighted by Crippen LogP contribution is 2.32. The van der Waals surface area contributed by atoms with Crippen LogP contribution in [0.3, 0.4) is 0 Å². The summed E-state index contributed by atoms with van der Waals surface area (Å²) < 4.78 is 15.4. The molecule has 22 heavy (non-hydrogen) atoms. The van der Waals surface area contributed by atoms with Gasteiger partial charge in [0.25, 0.3) is 0 Å². The number of rotatable bonds is 7. The number of carbonyl (C=O) groups excluding carboxylic acids is 3. The lowest BCUT2D eigenvalue weighted by Gasteiger charge is -2.34. The van der Waals surface area contributed by atoms with Gasteiger partial charge in [0.2, 0.25) is 0 Å². The zero-order valence-corrected chi connectivity index (χ0v) is 13.6. The Morgan fingerprint density at radius 1 is 1.00 bits per heavy atom. The van der Waals surface area contributed by atoms with E-state index in [4.69, 9.17) is 9.47 Å². The summed E-state index contributed by atoms with van der Waals surface area (Å²) in [4.78, 5) is 34.1. The highest BCUT2D eigenvalue weighted by Gasteiger charge is 2.35. The first kappa shape index (κ1) is 18.5. The lowest BCUT2D eigenvalue weighted by Crippen LogP contribution is -2.41. The Kier molecular flexibility index (Phi) is 7.91. The predicted octanol–water partition coefficient (Wildman–Crippen LogP) is 2.38. The van der Waals surface area contributed by atoms with Crippen LogP contribution < -0.4 is 0 Å². The normalized spacial score (nSPS) is 18.1. The molecule has 0 N–H and O–H groups in total. The molecule has 126 valence electrons. The van der Waals surface area contributed by atoms with Crippen molar-refractivity contribution in [2.75, 3.05) is 7.11 Å².